The summed E-state index contributed by atoms with van der Waals surface area (Å²) < 4.78 is 0. The molecule has 2 fully saturated rings. The van der Waals surface area contributed by atoms with Crippen LogP contribution >= 0.6 is 0 Å². The standard InChI is InChI=1S/C16H22N2O/c1-11-3-4-12(2)13(5-11)6-16(19)18-9-14-7-17-8-15(14)10-18/h3-5,14-15,17H,6-10H2,1-2H3. The fraction of sp³-hybridized carbons (Fsp3) is 0.562. The molecule has 2 atom stereocenters. The van der Waals surface area contributed by atoms with E-state index in [1.807, 2.05) is 0 Å². The highest BCUT2D eigenvalue weighted by Gasteiger charge is 2.37. The number of fused-ring (bicyclic) bond motifs is 1. The van der Waals surface area contributed by atoms with Crippen molar-refractivity contribution in [2.24, 2.45) is 11.8 Å². The Morgan fingerprint density at radius 2 is 1.95 bits per heavy atom. The molecule has 1 aromatic rings. The number of nitrogens with zero attached hydrogens (tertiary/aromatic N) is 1. The Bertz CT molecular complexity index is 486. The molecule has 1 N–H and O–H groups in total. The van der Waals surface area contributed by atoms with Crippen molar-refractivity contribution in [3.05, 3.63) is 34.9 Å². The monoisotopic (exact) mass is 258 g/mol. The van der Waals surface area contributed by atoms with E-state index in [2.05, 4.69) is 42.3 Å². The van der Waals surface area contributed by atoms with E-state index in [0.29, 0.717) is 24.2 Å². The van der Waals surface area contributed by atoms with Crippen LogP contribution in [0.25, 0.3) is 0 Å². The number of benzene rings is 1. The third kappa shape index (κ3) is 2.52. The van der Waals surface area contributed by atoms with Gasteiger partial charge in [-0.1, -0.05) is 23.8 Å². The van der Waals surface area contributed by atoms with Gasteiger partial charge in [-0.05, 0) is 36.8 Å². The zero-order chi connectivity index (χ0) is 13.4. The molecule has 0 spiro atoms. The number of hydrogen-bond donors (Lipinski definition) is 1. The zero-order valence-electron chi connectivity index (χ0n) is 11.8. The lowest BCUT2D eigenvalue weighted by Crippen LogP contribution is -2.33. The molecule has 2 aliphatic rings. The van der Waals surface area contributed by atoms with Crippen LogP contribution in [0.1, 0.15) is 16.7 Å². The number of likely N-dealkylation sites (tertiary alicyclic amines) is 1. The predicted octanol–water partition coefficient (Wildman–Crippen LogP) is 1.52. The van der Waals surface area contributed by atoms with Crippen LogP contribution in [0.3, 0.4) is 0 Å². The Balaban J connectivity index is 1.67. The molecule has 2 unspecified atom stereocenters. The molecular weight excluding hydrogens is 236 g/mol. The smallest absolute Gasteiger partial charge is 0.227 e. The van der Waals surface area contributed by atoms with Crippen LogP contribution in [0, 0.1) is 25.7 Å². The minimum atomic E-state index is 0.295. The molecule has 3 nitrogen and oxygen atoms in total. The second-order valence-corrected chi connectivity index (χ2v) is 6.08. The van der Waals surface area contributed by atoms with Crippen molar-refractivity contribution in [3.63, 3.8) is 0 Å². The van der Waals surface area contributed by atoms with Crippen molar-refractivity contribution in [3.8, 4) is 0 Å². The van der Waals surface area contributed by atoms with Crippen molar-refractivity contribution in [1.82, 2.24) is 10.2 Å². The summed E-state index contributed by atoms with van der Waals surface area (Å²) in [5.41, 5.74) is 3.64. The third-order valence-electron chi connectivity index (χ3n) is 4.59. The molecule has 3 rings (SSSR count). The first kappa shape index (κ1) is 12.7. The van der Waals surface area contributed by atoms with Gasteiger partial charge < -0.3 is 10.2 Å². The molecule has 1 amide bonds. The van der Waals surface area contributed by atoms with Gasteiger partial charge in [0.2, 0.25) is 5.91 Å². The Labute approximate surface area is 115 Å². The molecule has 0 radical (unpaired) electrons. The normalized spacial score (nSPS) is 25.7. The number of carbonyl (C=O) groups is 1. The number of hydrogen-bond acceptors (Lipinski definition) is 2. The maximum absolute atomic E-state index is 12.4. The van der Waals surface area contributed by atoms with Gasteiger partial charge in [-0.15, -0.1) is 0 Å². The number of carbonyl (C=O) groups excluding carboxylic acids is 1. The summed E-state index contributed by atoms with van der Waals surface area (Å²) in [6, 6.07) is 6.36. The molecule has 1 aromatic carbocycles. The van der Waals surface area contributed by atoms with Gasteiger partial charge in [-0.2, -0.15) is 0 Å². The van der Waals surface area contributed by atoms with E-state index < -0.39 is 0 Å². The summed E-state index contributed by atoms with van der Waals surface area (Å²) in [6.07, 6.45) is 0.556. The summed E-state index contributed by atoms with van der Waals surface area (Å²) >= 11 is 0. The largest absolute Gasteiger partial charge is 0.342 e. The molecule has 2 heterocycles. The lowest BCUT2D eigenvalue weighted by molar-refractivity contribution is -0.129. The highest BCUT2D eigenvalue weighted by Crippen LogP contribution is 2.27. The minimum absolute atomic E-state index is 0.295. The average Bonchev–Trinajstić information content (AvgIpc) is 2.94. The van der Waals surface area contributed by atoms with Crippen LogP contribution in [0.5, 0.6) is 0 Å². The van der Waals surface area contributed by atoms with E-state index in [1.165, 1.54) is 16.7 Å². The van der Waals surface area contributed by atoms with Crippen LogP contribution < -0.4 is 5.32 Å². The Kier molecular flexibility index (Phi) is 3.31. The van der Waals surface area contributed by atoms with Crippen molar-refractivity contribution in [2.75, 3.05) is 26.2 Å². The first-order valence-electron chi connectivity index (χ1n) is 7.18. The van der Waals surface area contributed by atoms with Crippen LogP contribution in [0.2, 0.25) is 0 Å². The van der Waals surface area contributed by atoms with Gasteiger partial charge in [0.15, 0.2) is 0 Å². The molecule has 2 saturated heterocycles. The van der Waals surface area contributed by atoms with E-state index in [4.69, 9.17) is 0 Å². The van der Waals surface area contributed by atoms with Crippen molar-refractivity contribution in [2.45, 2.75) is 20.3 Å². The topological polar surface area (TPSA) is 32.3 Å². The fourth-order valence-electron chi connectivity index (χ4n) is 3.32. The second kappa shape index (κ2) is 4.97. The van der Waals surface area contributed by atoms with E-state index in [1.54, 1.807) is 0 Å². The second-order valence-electron chi connectivity index (χ2n) is 6.08. The molecule has 19 heavy (non-hydrogen) atoms. The van der Waals surface area contributed by atoms with Crippen molar-refractivity contribution >= 4 is 5.91 Å². The molecule has 0 saturated carbocycles. The molecule has 3 heteroatoms. The van der Waals surface area contributed by atoms with Gasteiger partial charge in [-0.3, -0.25) is 4.79 Å². The van der Waals surface area contributed by atoms with Gasteiger partial charge in [-0.25, -0.2) is 0 Å². The van der Waals surface area contributed by atoms with E-state index in [9.17, 15) is 4.79 Å². The fourth-order valence-corrected chi connectivity index (χ4v) is 3.32. The molecule has 102 valence electrons. The highest BCUT2D eigenvalue weighted by molar-refractivity contribution is 5.79. The summed E-state index contributed by atoms with van der Waals surface area (Å²) in [5, 5.41) is 3.41. The van der Waals surface area contributed by atoms with Gasteiger partial charge in [0.1, 0.15) is 0 Å². The van der Waals surface area contributed by atoms with Gasteiger partial charge in [0.05, 0.1) is 6.42 Å². The summed E-state index contributed by atoms with van der Waals surface area (Å²) in [5.74, 6) is 1.66. The van der Waals surface area contributed by atoms with Gasteiger partial charge in [0.25, 0.3) is 0 Å². The molecule has 2 aliphatic heterocycles. The number of nitrogens with one attached hydrogen (secondary N) is 1. The SMILES string of the molecule is Cc1ccc(C)c(CC(=O)N2CC3CNCC3C2)c1. The Hall–Kier alpha value is -1.35. The summed E-state index contributed by atoms with van der Waals surface area (Å²) in [7, 11) is 0. The van der Waals surface area contributed by atoms with Gasteiger partial charge in [0, 0.05) is 26.2 Å². The third-order valence-corrected chi connectivity index (χ3v) is 4.59. The van der Waals surface area contributed by atoms with E-state index in [-0.39, 0.29) is 0 Å². The summed E-state index contributed by atoms with van der Waals surface area (Å²) in [4.78, 5) is 14.5. The first-order valence-corrected chi connectivity index (χ1v) is 7.18. The average molecular weight is 258 g/mol. The Morgan fingerprint density at radius 3 is 2.63 bits per heavy atom. The zero-order valence-corrected chi connectivity index (χ0v) is 11.8. The van der Waals surface area contributed by atoms with Crippen LogP contribution in [-0.2, 0) is 11.2 Å². The van der Waals surface area contributed by atoms with Crippen molar-refractivity contribution in [1.29, 1.82) is 0 Å². The van der Waals surface area contributed by atoms with Crippen molar-refractivity contribution < 1.29 is 4.79 Å². The lowest BCUT2D eigenvalue weighted by Gasteiger charge is -2.18. The van der Waals surface area contributed by atoms with E-state index in [0.717, 1.165) is 26.2 Å². The maximum atomic E-state index is 12.4. The predicted molar refractivity (Wildman–Crippen MR) is 76.0 cm³/mol. The summed E-state index contributed by atoms with van der Waals surface area (Å²) in [6.45, 7) is 8.22. The number of amides is 1. The van der Waals surface area contributed by atoms with Gasteiger partial charge >= 0.3 is 0 Å². The first-order chi connectivity index (χ1) is 9.13. The molecule has 0 aliphatic carbocycles. The molecule has 0 bridgehead atoms. The number of rotatable bonds is 2. The maximum Gasteiger partial charge on any atom is 0.227 e. The minimum Gasteiger partial charge on any atom is -0.342 e. The molecule has 0 aromatic heterocycles. The van der Waals surface area contributed by atoms with Crippen LogP contribution in [0.4, 0.5) is 0 Å². The molecular formula is C16H22N2O. The highest BCUT2D eigenvalue weighted by atomic mass is 16.2. The van der Waals surface area contributed by atoms with Crippen LogP contribution in [0.15, 0.2) is 18.2 Å². The number of aryl methyl sites for hydroxylation is 2. The quantitative estimate of drug-likeness (QED) is 0.872. The lowest BCUT2D eigenvalue weighted by atomic mass is 10.0. The van der Waals surface area contributed by atoms with Crippen LogP contribution in [-0.4, -0.2) is 37.0 Å². The Morgan fingerprint density at radius 1 is 1.26 bits per heavy atom. The van der Waals surface area contributed by atoms with E-state index >= 15 is 0 Å².